The van der Waals surface area contributed by atoms with Crippen molar-refractivity contribution >= 4 is 10.2 Å². The van der Waals surface area contributed by atoms with Gasteiger partial charge in [-0.3, -0.25) is 4.90 Å². The van der Waals surface area contributed by atoms with Crippen molar-refractivity contribution < 1.29 is 8.42 Å². The molecule has 1 aromatic carbocycles. The van der Waals surface area contributed by atoms with Crippen LogP contribution < -0.4 is 0 Å². The summed E-state index contributed by atoms with van der Waals surface area (Å²) in [6.07, 6.45) is 2.13. The maximum absolute atomic E-state index is 12.5. The number of rotatable bonds is 4. The lowest BCUT2D eigenvalue weighted by molar-refractivity contribution is 0.125. The molecule has 0 aromatic heterocycles. The average Bonchev–Trinajstić information content (AvgIpc) is 2.88. The normalized spacial score (nSPS) is 25.6. The fourth-order valence-corrected chi connectivity index (χ4v) is 4.89. The highest BCUT2D eigenvalue weighted by atomic mass is 32.2. The molecule has 3 saturated heterocycles. The summed E-state index contributed by atoms with van der Waals surface area (Å²) in [5.41, 5.74) is 1.84. The van der Waals surface area contributed by atoms with Gasteiger partial charge in [0.05, 0.1) is 11.6 Å². The second-order valence-electron chi connectivity index (χ2n) is 6.94. The first-order valence-electron chi connectivity index (χ1n) is 8.31. The number of benzene rings is 1. The van der Waals surface area contributed by atoms with E-state index in [1.54, 1.807) is 18.4 Å². The number of hydrogen-bond acceptors (Lipinski definition) is 4. The van der Waals surface area contributed by atoms with E-state index in [0.29, 0.717) is 24.6 Å². The Balaban J connectivity index is 1.75. The van der Waals surface area contributed by atoms with Crippen LogP contribution in [0, 0.1) is 17.2 Å². The lowest BCUT2D eigenvalue weighted by Crippen LogP contribution is -2.45. The Morgan fingerprint density at radius 3 is 2.50 bits per heavy atom. The minimum atomic E-state index is -3.35. The van der Waals surface area contributed by atoms with E-state index in [0.717, 1.165) is 25.9 Å². The van der Waals surface area contributed by atoms with E-state index in [4.69, 9.17) is 5.26 Å². The third kappa shape index (κ3) is 3.47. The van der Waals surface area contributed by atoms with Crippen LogP contribution in [0.5, 0.6) is 0 Å². The number of hydrogen-bond donors (Lipinski definition) is 0. The molecule has 1 aromatic rings. The molecule has 7 heteroatoms. The molecule has 0 spiro atoms. The van der Waals surface area contributed by atoms with Gasteiger partial charge in [-0.25, -0.2) is 0 Å². The van der Waals surface area contributed by atoms with Gasteiger partial charge in [0.15, 0.2) is 0 Å². The molecule has 2 bridgehead atoms. The highest BCUT2D eigenvalue weighted by molar-refractivity contribution is 7.86. The second-order valence-corrected chi connectivity index (χ2v) is 9.08. The molecule has 3 heterocycles. The molecule has 6 nitrogen and oxygen atoms in total. The average molecular weight is 348 g/mol. The molecule has 3 aliphatic rings. The Hall–Kier alpha value is -1.46. The summed E-state index contributed by atoms with van der Waals surface area (Å²) >= 11 is 0. The summed E-state index contributed by atoms with van der Waals surface area (Å²) in [6, 6.07) is 10.1. The van der Waals surface area contributed by atoms with Gasteiger partial charge < -0.3 is 0 Å². The monoisotopic (exact) mass is 348 g/mol. The van der Waals surface area contributed by atoms with Crippen LogP contribution in [0.1, 0.15) is 24.0 Å². The lowest BCUT2D eigenvalue weighted by Gasteiger charge is -2.36. The Labute approximate surface area is 144 Å². The third-order valence-electron chi connectivity index (χ3n) is 5.05. The van der Waals surface area contributed by atoms with Crippen molar-refractivity contribution in [2.24, 2.45) is 5.92 Å². The zero-order chi connectivity index (χ0) is 17.3. The van der Waals surface area contributed by atoms with Crippen molar-refractivity contribution in [2.45, 2.75) is 25.4 Å². The molecule has 3 fully saturated rings. The molecule has 2 atom stereocenters. The highest BCUT2D eigenvalue weighted by Gasteiger charge is 2.39. The van der Waals surface area contributed by atoms with Gasteiger partial charge in [0, 0.05) is 46.3 Å². The van der Waals surface area contributed by atoms with Crippen LogP contribution in [0.2, 0.25) is 0 Å². The van der Waals surface area contributed by atoms with Crippen molar-refractivity contribution in [3.8, 4) is 6.07 Å². The Morgan fingerprint density at radius 1 is 1.17 bits per heavy atom. The van der Waals surface area contributed by atoms with Crippen LogP contribution in [0.4, 0.5) is 0 Å². The predicted octanol–water partition coefficient (Wildman–Crippen LogP) is 1.26. The van der Waals surface area contributed by atoms with E-state index in [-0.39, 0.29) is 6.04 Å². The summed E-state index contributed by atoms with van der Waals surface area (Å²) in [4.78, 5) is 2.40. The van der Waals surface area contributed by atoms with Crippen molar-refractivity contribution in [3.63, 3.8) is 0 Å². The van der Waals surface area contributed by atoms with E-state index in [9.17, 15) is 8.42 Å². The van der Waals surface area contributed by atoms with Crippen LogP contribution in [0.3, 0.4) is 0 Å². The summed E-state index contributed by atoms with van der Waals surface area (Å²) < 4.78 is 27.9. The topological polar surface area (TPSA) is 67.7 Å². The number of nitrogens with zero attached hydrogens (tertiary/aromatic N) is 4. The summed E-state index contributed by atoms with van der Waals surface area (Å²) in [5.74, 6) is 0.386. The smallest absolute Gasteiger partial charge is 0.281 e. The fourth-order valence-electron chi connectivity index (χ4n) is 3.67. The summed E-state index contributed by atoms with van der Waals surface area (Å²) in [5, 5.41) is 8.90. The molecule has 0 aliphatic carbocycles. The molecule has 130 valence electrons. The van der Waals surface area contributed by atoms with Crippen LogP contribution >= 0.6 is 0 Å². The van der Waals surface area contributed by atoms with Crippen LogP contribution in [-0.4, -0.2) is 61.7 Å². The van der Waals surface area contributed by atoms with Gasteiger partial charge >= 0.3 is 0 Å². The van der Waals surface area contributed by atoms with Gasteiger partial charge in [0.2, 0.25) is 0 Å². The molecule has 24 heavy (non-hydrogen) atoms. The van der Waals surface area contributed by atoms with E-state index in [1.807, 2.05) is 24.3 Å². The lowest BCUT2D eigenvalue weighted by atomic mass is 9.94. The molecular weight excluding hydrogens is 324 g/mol. The number of nitriles is 1. The molecule has 0 unspecified atom stereocenters. The minimum Gasteiger partial charge on any atom is -0.294 e. The van der Waals surface area contributed by atoms with E-state index in [2.05, 4.69) is 11.0 Å². The van der Waals surface area contributed by atoms with Crippen LogP contribution in [0.25, 0.3) is 0 Å². The van der Waals surface area contributed by atoms with Gasteiger partial charge in [-0.2, -0.15) is 22.3 Å². The van der Waals surface area contributed by atoms with Gasteiger partial charge in [0.25, 0.3) is 10.2 Å². The van der Waals surface area contributed by atoms with Crippen LogP contribution in [0.15, 0.2) is 24.3 Å². The molecule has 3 aliphatic heterocycles. The summed E-state index contributed by atoms with van der Waals surface area (Å²) in [7, 11) is -0.163. The fraction of sp³-hybridized carbons (Fsp3) is 0.588. The first-order valence-corrected chi connectivity index (χ1v) is 9.70. The largest absolute Gasteiger partial charge is 0.294 e. The first-order chi connectivity index (χ1) is 11.4. The molecule has 4 rings (SSSR count). The van der Waals surface area contributed by atoms with E-state index >= 15 is 0 Å². The minimum absolute atomic E-state index is 0.258. The van der Waals surface area contributed by atoms with Crippen molar-refractivity contribution in [1.82, 2.24) is 13.5 Å². The van der Waals surface area contributed by atoms with E-state index < -0.39 is 10.2 Å². The second kappa shape index (κ2) is 6.81. The van der Waals surface area contributed by atoms with Crippen molar-refractivity contribution in [2.75, 3.05) is 33.7 Å². The molecule has 0 amide bonds. The zero-order valence-corrected chi connectivity index (χ0v) is 15.0. The third-order valence-corrected chi connectivity index (χ3v) is 6.92. The Morgan fingerprint density at radius 2 is 1.88 bits per heavy atom. The maximum Gasteiger partial charge on any atom is 0.281 e. The standard InChI is InChI=1S/C17H24N4O2S/c1-19(2)24(22,23)21-12-16-7-8-17(13-21)20(11-16)10-15-5-3-14(9-18)4-6-15/h3-6,16-17H,7-8,10-13H2,1-2H3/t16-,17-/m0/s1. The molecule has 0 N–H and O–H groups in total. The van der Waals surface area contributed by atoms with Crippen molar-refractivity contribution in [3.05, 3.63) is 35.4 Å². The SMILES string of the molecule is CN(C)S(=O)(=O)N1C[C@H]2CC[C@@H](C1)N(Cc1ccc(C#N)cc1)C2. The maximum atomic E-state index is 12.5. The Bertz CT molecular complexity index is 724. The van der Waals surface area contributed by atoms with Crippen LogP contribution in [-0.2, 0) is 16.8 Å². The zero-order valence-electron chi connectivity index (χ0n) is 14.2. The van der Waals surface area contributed by atoms with Gasteiger partial charge in [0.1, 0.15) is 0 Å². The molecule has 0 radical (unpaired) electrons. The quantitative estimate of drug-likeness (QED) is 0.822. The van der Waals surface area contributed by atoms with Gasteiger partial charge in [-0.15, -0.1) is 0 Å². The Kier molecular flexibility index (Phi) is 4.92. The van der Waals surface area contributed by atoms with E-state index in [1.165, 1.54) is 9.87 Å². The molecular formula is C17H24N4O2S. The number of fused-ring (bicyclic) bond motifs is 4. The molecule has 0 saturated carbocycles. The van der Waals surface area contributed by atoms with Gasteiger partial charge in [-0.05, 0) is 36.5 Å². The van der Waals surface area contributed by atoms with Crippen molar-refractivity contribution in [1.29, 1.82) is 5.26 Å². The highest BCUT2D eigenvalue weighted by Crippen LogP contribution is 2.30. The predicted molar refractivity (Wildman–Crippen MR) is 92.3 cm³/mol. The summed E-state index contributed by atoms with van der Waals surface area (Å²) in [6.45, 7) is 2.92. The number of piperidine rings is 1. The van der Waals surface area contributed by atoms with Gasteiger partial charge in [-0.1, -0.05) is 12.1 Å². The first kappa shape index (κ1) is 17.4.